The van der Waals surface area contributed by atoms with Gasteiger partial charge in [0.25, 0.3) is 0 Å². The standard InChI is InChI=1S/C18H27FN4O2/c1-13(2)20-18(25)14(3)23-10-8-22(9-11-23)12-17(24)21-16-6-4-15(19)5-7-16/h4-7,13-14H,8-12H2,1-3H3,(H,20,25)(H,21,24). The average Bonchev–Trinajstić information content (AvgIpc) is 2.56. The molecule has 2 rings (SSSR count). The second-order valence-electron chi connectivity index (χ2n) is 6.71. The molecule has 0 aliphatic carbocycles. The lowest BCUT2D eigenvalue weighted by Gasteiger charge is -2.37. The topological polar surface area (TPSA) is 64.7 Å². The maximum absolute atomic E-state index is 12.9. The highest BCUT2D eigenvalue weighted by Gasteiger charge is 2.26. The van der Waals surface area contributed by atoms with E-state index in [1.54, 1.807) is 12.1 Å². The molecule has 1 aliphatic heterocycles. The van der Waals surface area contributed by atoms with Crippen molar-refractivity contribution < 1.29 is 14.0 Å². The molecule has 1 aromatic carbocycles. The number of amides is 2. The lowest BCUT2D eigenvalue weighted by atomic mass is 10.2. The van der Waals surface area contributed by atoms with Gasteiger partial charge in [-0.05, 0) is 45.0 Å². The molecule has 0 radical (unpaired) electrons. The first-order valence-corrected chi connectivity index (χ1v) is 8.67. The highest BCUT2D eigenvalue weighted by Crippen LogP contribution is 2.10. The fourth-order valence-electron chi connectivity index (χ4n) is 2.82. The van der Waals surface area contributed by atoms with Gasteiger partial charge >= 0.3 is 0 Å². The number of nitrogens with one attached hydrogen (secondary N) is 2. The predicted octanol–water partition coefficient (Wildman–Crippen LogP) is 1.29. The third kappa shape index (κ3) is 6.10. The van der Waals surface area contributed by atoms with Crippen molar-refractivity contribution in [1.29, 1.82) is 0 Å². The number of carbonyl (C=O) groups excluding carboxylic acids is 2. The Labute approximate surface area is 148 Å². The van der Waals surface area contributed by atoms with Crippen LogP contribution < -0.4 is 10.6 Å². The fraction of sp³-hybridized carbons (Fsp3) is 0.556. The van der Waals surface area contributed by atoms with E-state index in [1.165, 1.54) is 12.1 Å². The van der Waals surface area contributed by atoms with Gasteiger partial charge in [-0.1, -0.05) is 0 Å². The molecule has 1 aromatic rings. The molecule has 0 aromatic heterocycles. The summed E-state index contributed by atoms with van der Waals surface area (Å²) in [7, 11) is 0. The summed E-state index contributed by atoms with van der Waals surface area (Å²) in [5, 5.41) is 5.69. The number of hydrogen-bond donors (Lipinski definition) is 2. The Morgan fingerprint density at radius 2 is 1.68 bits per heavy atom. The van der Waals surface area contributed by atoms with Gasteiger partial charge in [-0.25, -0.2) is 4.39 Å². The smallest absolute Gasteiger partial charge is 0.238 e. The van der Waals surface area contributed by atoms with E-state index in [0.717, 1.165) is 26.2 Å². The number of carbonyl (C=O) groups is 2. The predicted molar refractivity (Wildman–Crippen MR) is 95.8 cm³/mol. The molecule has 1 unspecified atom stereocenters. The first-order valence-electron chi connectivity index (χ1n) is 8.67. The van der Waals surface area contributed by atoms with Crippen molar-refractivity contribution in [2.75, 3.05) is 38.0 Å². The Morgan fingerprint density at radius 1 is 1.08 bits per heavy atom. The Hall–Kier alpha value is -1.99. The molecule has 0 bridgehead atoms. The Morgan fingerprint density at radius 3 is 2.24 bits per heavy atom. The van der Waals surface area contributed by atoms with Crippen LogP contribution in [0, 0.1) is 5.82 Å². The molecular formula is C18H27FN4O2. The molecule has 138 valence electrons. The van der Waals surface area contributed by atoms with Crippen LogP contribution in [0.3, 0.4) is 0 Å². The van der Waals surface area contributed by atoms with E-state index < -0.39 is 0 Å². The van der Waals surface area contributed by atoms with Crippen LogP contribution in [-0.4, -0.2) is 66.4 Å². The molecule has 2 amide bonds. The number of piperazine rings is 1. The first kappa shape index (κ1) is 19.3. The lowest BCUT2D eigenvalue weighted by molar-refractivity contribution is -0.127. The second kappa shape index (κ2) is 8.92. The van der Waals surface area contributed by atoms with E-state index >= 15 is 0 Å². The molecule has 0 spiro atoms. The van der Waals surface area contributed by atoms with Gasteiger partial charge in [0.1, 0.15) is 5.82 Å². The van der Waals surface area contributed by atoms with Crippen molar-refractivity contribution >= 4 is 17.5 Å². The van der Waals surface area contributed by atoms with Gasteiger partial charge in [-0.2, -0.15) is 0 Å². The maximum Gasteiger partial charge on any atom is 0.238 e. The summed E-state index contributed by atoms with van der Waals surface area (Å²) in [6.45, 7) is 9.05. The molecule has 1 aliphatic rings. The average molecular weight is 350 g/mol. The van der Waals surface area contributed by atoms with Gasteiger partial charge in [0.05, 0.1) is 12.6 Å². The number of nitrogens with zero attached hydrogens (tertiary/aromatic N) is 2. The number of anilines is 1. The minimum absolute atomic E-state index is 0.0394. The Bertz CT molecular complexity index is 583. The minimum atomic E-state index is -0.329. The summed E-state index contributed by atoms with van der Waals surface area (Å²) < 4.78 is 12.9. The lowest BCUT2D eigenvalue weighted by Crippen LogP contribution is -2.55. The molecular weight excluding hydrogens is 323 g/mol. The van der Waals surface area contributed by atoms with Crippen LogP contribution in [0.5, 0.6) is 0 Å². The monoisotopic (exact) mass is 350 g/mol. The SMILES string of the molecule is CC(C)NC(=O)C(C)N1CCN(CC(=O)Nc2ccc(F)cc2)CC1. The summed E-state index contributed by atoms with van der Waals surface area (Å²) >= 11 is 0. The summed E-state index contributed by atoms with van der Waals surface area (Å²) in [6.07, 6.45) is 0. The van der Waals surface area contributed by atoms with Crippen molar-refractivity contribution in [3.8, 4) is 0 Å². The quantitative estimate of drug-likeness (QED) is 0.812. The summed E-state index contributed by atoms with van der Waals surface area (Å²) in [4.78, 5) is 28.4. The zero-order valence-electron chi connectivity index (χ0n) is 15.1. The summed E-state index contributed by atoms with van der Waals surface area (Å²) in [6, 6.07) is 5.68. The third-order valence-electron chi connectivity index (χ3n) is 4.26. The molecule has 1 heterocycles. The van der Waals surface area contributed by atoms with Crippen LogP contribution in [-0.2, 0) is 9.59 Å². The Balaban J connectivity index is 1.75. The highest BCUT2D eigenvalue weighted by atomic mass is 19.1. The number of rotatable bonds is 6. The van der Waals surface area contributed by atoms with Crippen molar-refractivity contribution in [3.05, 3.63) is 30.1 Å². The normalized spacial score (nSPS) is 17.3. The van der Waals surface area contributed by atoms with E-state index in [0.29, 0.717) is 5.69 Å². The van der Waals surface area contributed by atoms with E-state index in [9.17, 15) is 14.0 Å². The molecule has 1 fully saturated rings. The van der Waals surface area contributed by atoms with Gasteiger partial charge in [-0.15, -0.1) is 0 Å². The van der Waals surface area contributed by atoms with Crippen molar-refractivity contribution in [2.24, 2.45) is 0 Å². The molecule has 1 saturated heterocycles. The zero-order chi connectivity index (χ0) is 18.4. The van der Waals surface area contributed by atoms with E-state index in [1.807, 2.05) is 20.8 Å². The van der Waals surface area contributed by atoms with Crippen LogP contribution >= 0.6 is 0 Å². The molecule has 1 atom stereocenters. The first-order chi connectivity index (χ1) is 11.8. The molecule has 6 nitrogen and oxygen atoms in total. The number of hydrogen-bond acceptors (Lipinski definition) is 4. The number of halogens is 1. The van der Waals surface area contributed by atoms with Gasteiger partial charge in [0.2, 0.25) is 11.8 Å². The van der Waals surface area contributed by atoms with Crippen molar-refractivity contribution in [2.45, 2.75) is 32.9 Å². The molecule has 25 heavy (non-hydrogen) atoms. The largest absolute Gasteiger partial charge is 0.353 e. The van der Waals surface area contributed by atoms with E-state index in [4.69, 9.17) is 0 Å². The number of benzene rings is 1. The van der Waals surface area contributed by atoms with Gasteiger partial charge in [-0.3, -0.25) is 19.4 Å². The maximum atomic E-state index is 12.9. The van der Waals surface area contributed by atoms with Crippen LogP contribution in [0.25, 0.3) is 0 Å². The van der Waals surface area contributed by atoms with Gasteiger partial charge in [0, 0.05) is 37.9 Å². The van der Waals surface area contributed by atoms with Crippen LogP contribution in [0.15, 0.2) is 24.3 Å². The molecule has 2 N–H and O–H groups in total. The van der Waals surface area contributed by atoms with E-state index in [-0.39, 0.29) is 36.3 Å². The van der Waals surface area contributed by atoms with Gasteiger partial charge < -0.3 is 10.6 Å². The second-order valence-corrected chi connectivity index (χ2v) is 6.71. The van der Waals surface area contributed by atoms with Gasteiger partial charge in [0.15, 0.2) is 0 Å². The molecule has 0 saturated carbocycles. The van der Waals surface area contributed by atoms with Crippen molar-refractivity contribution in [3.63, 3.8) is 0 Å². The Kier molecular flexibility index (Phi) is 6.90. The van der Waals surface area contributed by atoms with Crippen LogP contribution in [0.1, 0.15) is 20.8 Å². The van der Waals surface area contributed by atoms with E-state index in [2.05, 4.69) is 20.4 Å². The zero-order valence-corrected chi connectivity index (χ0v) is 15.1. The van der Waals surface area contributed by atoms with Crippen molar-refractivity contribution in [1.82, 2.24) is 15.1 Å². The van der Waals surface area contributed by atoms with Crippen LogP contribution in [0.2, 0.25) is 0 Å². The highest BCUT2D eigenvalue weighted by molar-refractivity contribution is 5.92. The third-order valence-corrected chi connectivity index (χ3v) is 4.26. The minimum Gasteiger partial charge on any atom is -0.353 e. The van der Waals surface area contributed by atoms with Crippen LogP contribution in [0.4, 0.5) is 10.1 Å². The summed E-state index contributed by atoms with van der Waals surface area (Å²) in [5.41, 5.74) is 0.587. The summed E-state index contributed by atoms with van der Waals surface area (Å²) in [5.74, 6) is -0.409. The fourth-order valence-corrected chi connectivity index (χ4v) is 2.82. The molecule has 7 heteroatoms.